The Morgan fingerprint density at radius 3 is 2.60 bits per heavy atom. The van der Waals surface area contributed by atoms with Gasteiger partial charge in [-0.15, -0.1) is 0 Å². The van der Waals surface area contributed by atoms with Crippen LogP contribution >= 0.6 is 31.3 Å². The number of aromatic nitrogens is 3. The summed E-state index contributed by atoms with van der Waals surface area (Å²) in [5, 5.41) is 1.75. The third kappa shape index (κ3) is 4.44. The number of fused-ring (bicyclic) bond motifs is 1. The lowest BCUT2D eigenvalue weighted by molar-refractivity contribution is 0.187. The zero-order valence-electron chi connectivity index (χ0n) is 19.6. The number of anilines is 3. The van der Waals surface area contributed by atoms with Crippen LogP contribution in [0.15, 0.2) is 40.5 Å². The summed E-state index contributed by atoms with van der Waals surface area (Å²) >= 11 is 7.56. The maximum absolute atomic E-state index is 14.6. The van der Waals surface area contributed by atoms with Crippen LogP contribution in [0.25, 0.3) is 0 Å². The minimum absolute atomic E-state index is 0.0546. The van der Waals surface area contributed by atoms with E-state index in [0.717, 1.165) is 59.5 Å². The first kappa shape index (κ1) is 24.5. The highest BCUT2D eigenvalue weighted by Crippen LogP contribution is 2.51. The first-order valence-electron chi connectivity index (χ1n) is 11.4. The van der Waals surface area contributed by atoms with E-state index in [1.54, 1.807) is 24.5 Å². The first-order chi connectivity index (χ1) is 16.7. The monoisotopic (exact) mass is 531 g/mol. The Morgan fingerprint density at radius 2 is 1.91 bits per heavy atom. The number of rotatable bonds is 4. The van der Waals surface area contributed by atoms with Crippen molar-refractivity contribution in [2.75, 3.05) is 42.8 Å². The number of nitrogens with zero attached hydrogens (tertiary/aromatic N) is 4. The number of halogens is 2. The second-order valence-corrected chi connectivity index (χ2v) is 13.1. The molecular formula is C24H28ClFN7PS. The zero-order chi connectivity index (χ0) is 24.9. The molecule has 1 spiro atoms. The second kappa shape index (κ2) is 9.36. The number of pyridine rings is 1. The molecule has 1 unspecified atom stereocenters. The van der Waals surface area contributed by atoms with E-state index in [2.05, 4.69) is 33.2 Å². The molecule has 35 heavy (non-hydrogen) atoms. The van der Waals surface area contributed by atoms with Crippen LogP contribution in [0.5, 0.6) is 0 Å². The maximum Gasteiger partial charge on any atom is 0.158 e. The lowest BCUT2D eigenvalue weighted by Crippen LogP contribution is -2.44. The van der Waals surface area contributed by atoms with Crippen molar-refractivity contribution in [1.29, 1.82) is 0 Å². The van der Waals surface area contributed by atoms with Gasteiger partial charge in [0.2, 0.25) is 0 Å². The van der Waals surface area contributed by atoms with Gasteiger partial charge in [-0.3, -0.25) is 0 Å². The molecule has 0 amide bonds. The number of hydrogen-bond acceptors (Lipinski definition) is 8. The Kier molecular flexibility index (Phi) is 6.55. The highest BCUT2D eigenvalue weighted by molar-refractivity contribution is 7.99. The van der Waals surface area contributed by atoms with Crippen molar-refractivity contribution in [3.8, 4) is 0 Å². The lowest BCUT2D eigenvalue weighted by Gasteiger charge is -2.42. The van der Waals surface area contributed by atoms with Crippen LogP contribution in [0.4, 0.5) is 21.8 Å². The smallest absolute Gasteiger partial charge is 0.158 e. The van der Waals surface area contributed by atoms with E-state index in [4.69, 9.17) is 28.8 Å². The first-order valence-corrected chi connectivity index (χ1v) is 14.8. The zero-order valence-corrected chi connectivity index (χ0v) is 22.1. The predicted molar refractivity (Wildman–Crippen MR) is 144 cm³/mol. The molecule has 1 aromatic carbocycles. The summed E-state index contributed by atoms with van der Waals surface area (Å²) in [7, 11) is -0.519. The predicted octanol–water partition coefficient (Wildman–Crippen LogP) is 4.19. The van der Waals surface area contributed by atoms with Gasteiger partial charge in [-0.1, -0.05) is 31.3 Å². The summed E-state index contributed by atoms with van der Waals surface area (Å²) in [5.41, 5.74) is 21.0. The SMILES string of the molecule is CP(C)c1cc2c(cc1F)CC1(CCN(c3cnc(Sc4ccnc(N)c4Cl)c(N)n3)CC1)C2N. The standard InChI is InChI=1S/C24H28ClFN7PS/c1-34(2)16-10-14-13(9-15(16)26)11-24(20(14)27)4-7-33(8-5-24)18-12-31-23(22(29)32-18)35-17-3-6-30-21(28)19(17)25/h3,6,9-10,12,20H,4-5,7-8,11,27H2,1-2H3,(H2,28,30)(H2,29,32). The minimum Gasteiger partial charge on any atom is -0.382 e. The number of benzene rings is 1. The van der Waals surface area contributed by atoms with Crippen LogP contribution < -0.4 is 27.4 Å². The fraction of sp³-hybridized carbons (Fsp3) is 0.375. The van der Waals surface area contributed by atoms with Crippen LogP contribution in [-0.2, 0) is 6.42 Å². The molecule has 1 saturated heterocycles. The molecule has 11 heteroatoms. The molecule has 3 aromatic rings. The molecular weight excluding hydrogens is 504 g/mol. The third-order valence-corrected chi connectivity index (χ3v) is 10.0. The Hall–Kier alpha value is -2.19. The van der Waals surface area contributed by atoms with Gasteiger partial charge in [0.1, 0.15) is 22.5 Å². The molecule has 1 aliphatic heterocycles. The highest BCUT2D eigenvalue weighted by Gasteiger charge is 2.46. The normalized spacial score (nSPS) is 18.9. The van der Waals surface area contributed by atoms with Gasteiger partial charge >= 0.3 is 0 Å². The van der Waals surface area contributed by atoms with Crippen molar-refractivity contribution < 1.29 is 4.39 Å². The maximum atomic E-state index is 14.6. The second-order valence-electron chi connectivity index (χ2n) is 9.43. The van der Waals surface area contributed by atoms with Crippen LogP contribution in [-0.4, -0.2) is 41.4 Å². The average Bonchev–Trinajstić information content (AvgIpc) is 3.08. The largest absolute Gasteiger partial charge is 0.382 e. The molecule has 2 aliphatic rings. The fourth-order valence-corrected chi connectivity index (χ4v) is 7.03. The minimum atomic E-state index is -0.519. The highest BCUT2D eigenvalue weighted by atomic mass is 35.5. The van der Waals surface area contributed by atoms with E-state index >= 15 is 0 Å². The third-order valence-electron chi connectivity index (χ3n) is 7.15. The van der Waals surface area contributed by atoms with Gasteiger partial charge in [-0.25, -0.2) is 19.3 Å². The van der Waals surface area contributed by atoms with Crippen molar-refractivity contribution >= 4 is 54.0 Å². The summed E-state index contributed by atoms with van der Waals surface area (Å²) in [4.78, 5) is 16.0. The van der Waals surface area contributed by atoms with Crippen LogP contribution in [0.1, 0.15) is 30.0 Å². The van der Waals surface area contributed by atoms with Crippen molar-refractivity contribution in [1.82, 2.24) is 15.0 Å². The van der Waals surface area contributed by atoms with Gasteiger partial charge < -0.3 is 22.1 Å². The number of nitrogens with two attached hydrogens (primary N) is 3. The van der Waals surface area contributed by atoms with Crippen molar-refractivity contribution in [3.63, 3.8) is 0 Å². The molecule has 7 nitrogen and oxygen atoms in total. The molecule has 184 valence electrons. The topological polar surface area (TPSA) is 120 Å². The summed E-state index contributed by atoms with van der Waals surface area (Å²) in [6, 6.07) is 5.43. The Morgan fingerprint density at radius 1 is 1.17 bits per heavy atom. The van der Waals surface area contributed by atoms with Gasteiger partial charge in [0.05, 0.1) is 11.2 Å². The molecule has 5 rings (SSSR count). The number of hydrogen-bond donors (Lipinski definition) is 3. The van der Waals surface area contributed by atoms with Crippen molar-refractivity contribution in [2.45, 2.75) is 35.2 Å². The summed E-state index contributed by atoms with van der Waals surface area (Å²) in [6.45, 7) is 5.73. The van der Waals surface area contributed by atoms with Crippen molar-refractivity contribution in [2.24, 2.45) is 11.1 Å². The van der Waals surface area contributed by atoms with Gasteiger partial charge in [0, 0.05) is 35.5 Å². The van der Waals surface area contributed by atoms with Gasteiger partial charge in [-0.05, 0) is 67.3 Å². The Balaban J connectivity index is 1.30. The van der Waals surface area contributed by atoms with E-state index in [1.807, 2.05) is 6.07 Å². The Bertz CT molecular complexity index is 1280. The summed E-state index contributed by atoms with van der Waals surface area (Å²) in [6.07, 6.45) is 5.95. The van der Waals surface area contributed by atoms with E-state index < -0.39 is 7.92 Å². The van der Waals surface area contributed by atoms with E-state index in [9.17, 15) is 4.39 Å². The Labute approximate surface area is 214 Å². The van der Waals surface area contributed by atoms with Crippen LogP contribution in [0, 0.1) is 11.2 Å². The molecule has 1 aliphatic carbocycles. The molecule has 3 heterocycles. The van der Waals surface area contributed by atoms with Crippen molar-refractivity contribution in [3.05, 3.63) is 52.6 Å². The molecule has 1 atom stereocenters. The van der Waals surface area contributed by atoms with Gasteiger partial charge in [0.15, 0.2) is 5.82 Å². The quantitative estimate of drug-likeness (QED) is 0.429. The molecule has 0 radical (unpaired) electrons. The summed E-state index contributed by atoms with van der Waals surface area (Å²) in [5.74, 6) is 1.24. The summed E-state index contributed by atoms with van der Waals surface area (Å²) < 4.78 is 14.6. The number of piperidine rings is 1. The van der Waals surface area contributed by atoms with Gasteiger partial charge in [-0.2, -0.15) is 0 Å². The van der Waals surface area contributed by atoms with Gasteiger partial charge in [0.25, 0.3) is 0 Å². The molecule has 6 N–H and O–H groups in total. The average molecular weight is 532 g/mol. The fourth-order valence-electron chi connectivity index (χ4n) is 5.13. The molecule has 0 saturated carbocycles. The van der Waals surface area contributed by atoms with Crippen LogP contribution in [0.3, 0.4) is 0 Å². The lowest BCUT2D eigenvalue weighted by atomic mass is 9.73. The van der Waals surface area contributed by atoms with Crippen LogP contribution in [0.2, 0.25) is 5.02 Å². The van der Waals surface area contributed by atoms with E-state index in [1.165, 1.54) is 11.8 Å². The van der Waals surface area contributed by atoms with E-state index in [-0.39, 0.29) is 23.1 Å². The number of nitrogen functional groups attached to an aromatic ring is 2. The molecule has 0 bridgehead atoms. The molecule has 2 aromatic heterocycles. The molecule has 1 fully saturated rings. The van der Waals surface area contributed by atoms with E-state index in [0.29, 0.717) is 15.9 Å².